The number of rotatable bonds is 2. The van der Waals surface area contributed by atoms with Gasteiger partial charge in [-0.3, -0.25) is 4.79 Å². The van der Waals surface area contributed by atoms with Crippen LogP contribution in [0.25, 0.3) is 0 Å². The minimum atomic E-state index is -0.904. The third-order valence-corrected chi connectivity index (χ3v) is 2.67. The fourth-order valence-corrected chi connectivity index (χ4v) is 1.10. The van der Waals surface area contributed by atoms with Crippen LogP contribution >= 0.6 is 0 Å². The zero-order chi connectivity index (χ0) is 10.3. The molecule has 0 heterocycles. The van der Waals surface area contributed by atoms with Crippen molar-refractivity contribution in [2.45, 2.75) is 40.2 Å². The van der Waals surface area contributed by atoms with Crippen molar-refractivity contribution in [3.8, 4) is 6.07 Å². The maximum atomic E-state index is 11.5. The molecule has 1 aliphatic rings. The van der Waals surface area contributed by atoms with E-state index in [-0.39, 0.29) is 17.4 Å². The molecule has 0 radical (unpaired) electrons. The lowest BCUT2D eigenvalue weighted by molar-refractivity contribution is -0.127. The van der Waals surface area contributed by atoms with Gasteiger partial charge in [-0.1, -0.05) is 13.8 Å². The van der Waals surface area contributed by atoms with E-state index in [0.717, 1.165) is 6.42 Å². The Bertz CT molecular complexity index is 273. The second-order valence-electron chi connectivity index (χ2n) is 4.96. The topological polar surface area (TPSA) is 52.9 Å². The van der Waals surface area contributed by atoms with Crippen LogP contribution in [0.4, 0.5) is 0 Å². The van der Waals surface area contributed by atoms with E-state index in [1.807, 2.05) is 6.07 Å². The van der Waals surface area contributed by atoms with Crippen LogP contribution in [0.1, 0.15) is 34.1 Å². The van der Waals surface area contributed by atoms with Crippen LogP contribution in [0.3, 0.4) is 0 Å². The van der Waals surface area contributed by atoms with Crippen LogP contribution in [0.5, 0.6) is 0 Å². The summed E-state index contributed by atoms with van der Waals surface area (Å²) in [5.41, 5.74) is -0.681. The minimum absolute atomic E-state index is 0.162. The summed E-state index contributed by atoms with van der Waals surface area (Å²) in [6.45, 7) is 7.49. The first-order chi connectivity index (χ1) is 5.79. The molecule has 1 amide bonds. The number of nitrogens with zero attached hydrogens (tertiary/aromatic N) is 1. The number of carbonyl (C=O) groups excluding carboxylic acids is 1. The summed E-state index contributed by atoms with van der Waals surface area (Å²) in [6, 6.07) is 2.25. The Morgan fingerprint density at radius 2 is 2.08 bits per heavy atom. The molecule has 1 atom stereocenters. The molecule has 1 fully saturated rings. The Labute approximate surface area is 79.1 Å². The lowest BCUT2D eigenvalue weighted by Crippen LogP contribution is -2.38. The predicted molar refractivity (Wildman–Crippen MR) is 49.7 cm³/mol. The van der Waals surface area contributed by atoms with Gasteiger partial charge in [0, 0.05) is 6.04 Å². The number of nitrogens with one attached hydrogen (secondary N) is 1. The molecule has 0 aliphatic heterocycles. The molecular formula is C10H16N2O. The van der Waals surface area contributed by atoms with Crippen LogP contribution < -0.4 is 5.32 Å². The van der Waals surface area contributed by atoms with Crippen LogP contribution in [-0.2, 0) is 4.79 Å². The third kappa shape index (κ3) is 2.00. The van der Waals surface area contributed by atoms with Crippen LogP contribution in [0.15, 0.2) is 0 Å². The molecule has 0 aromatic carbocycles. The highest BCUT2D eigenvalue weighted by atomic mass is 16.2. The molecule has 0 bridgehead atoms. The van der Waals surface area contributed by atoms with E-state index < -0.39 is 5.41 Å². The van der Waals surface area contributed by atoms with Crippen molar-refractivity contribution in [1.82, 2.24) is 5.32 Å². The molecule has 72 valence electrons. The highest BCUT2D eigenvalue weighted by Crippen LogP contribution is 2.44. The monoisotopic (exact) mass is 180 g/mol. The van der Waals surface area contributed by atoms with Gasteiger partial charge >= 0.3 is 0 Å². The standard InChI is InChI=1S/C10H16N2O/c1-9(2)5-7(9)12-8(13)10(3,4)6-11/h7H,5H2,1-4H3,(H,12,13). The molecule has 13 heavy (non-hydrogen) atoms. The van der Waals surface area contributed by atoms with Crippen LogP contribution in [0, 0.1) is 22.2 Å². The first kappa shape index (κ1) is 10.0. The molecule has 1 aliphatic carbocycles. The lowest BCUT2D eigenvalue weighted by Gasteiger charge is -2.15. The Kier molecular flexibility index (Phi) is 2.11. The second-order valence-corrected chi connectivity index (χ2v) is 4.96. The first-order valence-corrected chi connectivity index (χ1v) is 4.52. The van der Waals surface area contributed by atoms with E-state index in [4.69, 9.17) is 5.26 Å². The van der Waals surface area contributed by atoms with Crippen molar-refractivity contribution in [1.29, 1.82) is 5.26 Å². The van der Waals surface area contributed by atoms with Gasteiger partial charge in [-0.2, -0.15) is 5.26 Å². The molecule has 0 saturated heterocycles. The van der Waals surface area contributed by atoms with E-state index in [9.17, 15) is 4.79 Å². The van der Waals surface area contributed by atoms with E-state index >= 15 is 0 Å². The van der Waals surface area contributed by atoms with Gasteiger partial charge in [0.15, 0.2) is 0 Å². The quantitative estimate of drug-likeness (QED) is 0.699. The minimum Gasteiger partial charge on any atom is -0.351 e. The Morgan fingerprint density at radius 3 is 2.38 bits per heavy atom. The molecular weight excluding hydrogens is 164 g/mol. The largest absolute Gasteiger partial charge is 0.351 e. The highest BCUT2D eigenvalue weighted by molar-refractivity contribution is 5.85. The van der Waals surface area contributed by atoms with E-state index in [2.05, 4.69) is 19.2 Å². The van der Waals surface area contributed by atoms with Crippen LogP contribution in [-0.4, -0.2) is 11.9 Å². The molecule has 1 saturated carbocycles. The summed E-state index contributed by atoms with van der Waals surface area (Å²) < 4.78 is 0. The van der Waals surface area contributed by atoms with Gasteiger partial charge < -0.3 is 5.32 Å². The van der Waals surface area contributed by atoms with Crippen molar-refractivity contribution in [3.63, 3.8) is 0 Å². The third-order valence-electron chi connectivity index (χ3n) is 2.67. The molecule has 1 rings (SSSR count). The van der Waals surface area contributed by atoms with Crippen molar-refractivity contribution in [2.24, 2.45) is 10.8 Å². The van der Waals surface area contributed by atoms with Crippen LogP contribution in [0.2, 0.25) is 0 Å². The Morgan fingerprint density at radius 1 is 1.62 bits per heavy atom. The zero-order valence-corrected chi connectivity index (χ0v) is 8.64. The molecule has 0 aromatic heterocycles. The van der Waals surface area contributed by atoms with Gasteiger partial charge in [0.1, 0.15) is 5.41 Å². The molecule has 1 unspecified atom stereocenters. The Balaban J connectivity index is 2.50. The van der Waals surface area contributed by atoms with Gasteiger partial charge in [-0.05, 0) is 25.7 Å². The van der Waals surface area contributed by atoms with Crippen molar-refractivity contribution in [2.75, 3.05) is 0 Å². The van der Waals surface area contributed by atoms with Gasteiger partial charge in [-0.15, -0.1) is 0 Å². The van der Waals surface area contributed by atoms with E-state index in [0.29, 0.717) is 0 Å². The fraction of sp³-hybridized carbons (Fsp3) is 0.800. The molecule has 0 spiro atoms. The van der Waals surface area contributed by atoms with Crippen molar-refractivity contribution in [3.05, 3.63) is 0 Å². The van der Waals surface area contributed by atoms with E-state index in [1.165, 1.54) is 0 Å². The van der Waals surface area contributed by atoms with Crippen molar-refractivity contribution < 1.29 is 4.79 Å². The molecule has 1 N–H and O–H groups in total. The lowest BCUT2D eigenvalue weighted by atomic mass is 9.94. The number of amides is 1. The molecule has 3 heteroatoms. The van der Waals surface area contributed by atoms with E-state index in [1.54, 1.807) is 13.8 Å². The zero-order valence-electron chi connectivity index (χ0n) is 8.64. The summed E-state index contributed by atoms with van der Waals surface area (Å²) in [5.74, 6) is -0.162. The predicted octanol–water partition coefficient (Wildman–Crippen LogP) is 1.45. The number of hydrogen-bond acceptors (Lipinski definition) is 2. The summed E-state index contributed by atoms with van der Waals surface area (Å²) in [7, 11) is 0. The maximum absolute atomic E-state index is 11.5. The van der Waals surface area contributed by atoms with Gasteiger partial charge in [-0.25, -0.2) is 0 Å². The first-order valence-electron chi connectivity index (χ1n) is 4.52. The highest BCUT2D eigenvalue weighted by Gasteiger charge is 2.47. The average molecular weight is 180 g/mol. The number of nitriles is 1. The summed E-state index contributed by atoms with van der Waals surface area (Å²) >= 11 is 0. The number of hydrogen-bond donors (Lipinski definition) is 1. The average Bonchev–Trinajstić information content (AvgIpc) is 2.58. The second kappa shape index (κ2) is 2.73. The van der Waals surface area contributed by atoms with Gasteiger partial charge in [0.2, 0.25) is 5.91 Å². The molecule has 3 nitrogen and oxygen atoms in total. The maximum Gasteiger partial charge on any atom is 0.240 e. The normalized spacial score (nSPS) is 24.7. The Hall–Kier alpha value is -1.04. The fourth-order valence-electron chi connectivity index (χ4n) is 1.10. The van der Waals surface area contributed by atoms with Gasteiger partial charge in [0.25, 0.3) is 0 Å². The summed E-state index contributed by atoms with van der Waals surface area (Å²) in [5, 5.41) is 11.6. The SMILES string of the molecule is CC(C)(C#N)C(=O)NC1CC1(C)C. The summed E-state index contributed by atoms with van der Waals surface area (Å²) in [6.07, 6.45) is 1.01. The molecule has 0 aromatic rings. The smallest absolute Gasteiger partial charge is 0.240 e. The number of carbonyl (C=O) groups is 1. The van der Waals surface area contributed by atoms with Crippen molar-refractivity contribution >= 4 is 5.91 Å². The van der Waals surface area contributed by atoms with Gasteiger partial charge in [0.05, 0.1) is 6.07 Å². The summed E-state index contributed by atoms with van der Waals surface area (Å²) in [4.78, 5) is 11.5.